The van der Waals surface area contributed by atoms with Gasteiger partial charge in [-0.05, 0) is 57.8 Å². The van der Waals surface area contributed by atoms with Crippen LogP contribution in [0, 0.1) is 11.8 Å². The highest BCUT2D eigenvalue weighted by Crippen LogP contribution is 2.48. The molecule has 0 aromatic heterocycles. The zero-order valence-electron chi connectivity index (χ0n) is 12.9. The molecule has 1 aliphatic heterocycles. The topological polar surface area (TPSA) is 24.5 Å². The first-order valence-corrected chi connectivity index (χ1v) is 8.07. The minimum absolute atomic E-state index is 0.363. The fraction of sp³-hybridized carbons (Fsp3) is 1.00. The number of rotatable bonds is 6. The highest BCUT2D eigenvalue weighted by atomic mass is 16.5. The predicted molar refractivity (Wildman–Crippen MR) is 78.3 cm³/mol. The fourth-order valence-electron chi connectivity index (χ4n) is 3.96. The van der Waals surface area contributed by atoms with Crippen LogP contribution in [0.5, 0.6) is 0 Å². The molecule has 3 heteroatoms. The van der Waals surface area contributed by atoms with Gasteiger partial charge >= 0.3 is 0 Å². The summed E-state index contributed by atoms with van der Waals surface area (Å²) in [6.07, 6.45) is 6.88. The standard InChI is InChI=1S/C16H30N2O/c1-15(13-5-6-13)12-18(9-4-10-19-3)16(2,11-17-15)14-7-8-14/h13-14,17H,4-12H2,1-3H3. The van der Waals surface area contributed by atoms with Crippen LogP contribution >= 0.6 is 0 Å². The van der Waals surface area contributed by atoms with Gasteiger partial charge in [0.2, 0.25) is 0 Å². The number of ether oxygens (including phenoxy) is 1. The van der Waals surface area contributed by atoms with Crippen molar-refractivity contribution in [3.8, 4) is 0 Å². The van der Waals surface area contributed by atoms with Crippen molar-refractivity contribution in [2.75, 3.05) is 33.4 Å². The Kier molecular flexibility index (Phi) is 3.65. The molecular weight excluding hydrogens is 236 g/mol. The molecule has 1 saturated heterocycles. The van der Waals surface area contributed by atoms with Crippen LogP contribution < -0.4 is 5.32 Å². The molecule has 0 bridgehead atoms. The van der Waals surface area contributed by atoms with Crippen LogP contribution in [-0.2, 0) is 4.74 Å². The first-order valence-electron chi connectivity index (χ1n) is 8.07. The van der Waals surface area contributed by atoms with E-state index >= 15 is 0 Å². The lowest BCUT2D eigenvalue weighted by molar-refractivity contribution is -0.00531. The van der Waals surface area contributed by atoms with Crippen LogP contribution in [0.4, 0.5) is 0 Å². The normalized spacial score (nSPS) is 40.6. The van der Waals surface area contributed by atoms with Gasteiger partial charge in [0.05, 0.1) is 0 Å². The quantitative estimate of drug-likeness (QED) is 0.746. The third kappa shape index (κ3) is 2.70. The summed E-state index contributed by atoms with van der Waals surface area (Å²) in [5, 5.41) is 3.92. The van der Waals surface area contributed by atoms with Crippen molar-refractivity contribution in [1.29, 1.82) is 0 Å². The molecule has 2 unspecified atom stereocenters. The SMILES string of the molecule is COCCCN1CC(C)(C2CC2)NCC1(C)C1CC1. The maximum absolute atomic E-state index is 5.25. The second-order valence-corrected chi connectivity index (χ2v) is 7.44. The lowest BCUT2D eigenvalue weighted by Gasteiger charge is -2.53. The van der Waals surface area contributed by atoms with Crippen LogP contribution in [0.25, 0.3) is 0 Å². The molecule has 0 aromatic carbocycles. The Morgan fingerprint density at radius 2 is 1.84 bits per heavy atom. The van der Waals surface area contributed by atoms with E-state index in [-0.39, 0.29) is 0 Å². The summed E-state index contributed by atoms with van der Waals surface area (Å²) in [5.41, 5.74) is 0.754. The van der Waals surface area contributed by atoms with E-state index in [2.05, 4.69) is 24.1 Å². The molecule has 2 aliphatic carbocycles. The van der Waals surface area contributed by atoms with Crippen molar-refractivity contribution >= 4 is 0 Å². The average Bonchev–Trinajstić information content (AvgIpc) is 3.25. The van der Waals surface area contributed by atoms with Gasteiger partial charge in [-0.25, -0.2) is 0 Å². The zero-order valence-corrected chi connectivity index (χ0v) is 12.9. The number of nitrogens with zero attached hydrogens (tertiary/aromatic N) is 1. The lowest BCUT2D eigenvalue weighted by atomic mass is 9.83. The molecule has 3 fully saturated rings. The molecule has 1 heterocycles. The van der Waals surface area contributed by atoms with Gasteiger partial charge in [0.1, 0.15) is 0 Å². The van der Waals surface area contributed by atoms with E-state index in [1.165, 1.54) is 51.7 Å². The molecular formula is C16H30N2O. The lowest BCUT2D eigenvalue weighted by Crippen LogP contribution is -2.69. The number of methoxy groups -OCH3 is 1. The molecule has 3 aliphatic rings. The van der Waals surface area contributed by atoms with E-state index in [0.717, 1.165) is 18.4 Å². The minimum Gasteiger partial charge on any atom is -0.385 e. The van der Waals surface area contributed by atoms with Crippen LogP contribution in [0.2, 0.25) is 0 Å². The van der Waals surface area contributed by atoms with Crippen molar-refractivity contribution in [3.63, 3.8) is 0 Å². The van der Waals surface area contributed by atoms with E-state index in [1.807, 2.05) is 7.11 Å². The van der Waals surface area contributed by atoms with Gasteiger partial charge in [-0.1, -0.05) is 0 Å². The summed E-state index contributed by atoms with van der Waals surface area (Å²) in [4.78, 5) is 2.79. The van der Waals surface area contributed by atoms with Gasteiger partial charge in [0.25, 0.3) is 0 Å². The van der Waals surface area contributed by atoms with Crippen molar-refractivity contribution in [2.24, 2.45) is 11.8 Å². The number of hydrogen-bond acceptors (Lipinski definition) is 3. The molecule has 1 N–H and O–H groups in total. The van der Waals surface area contributed by atoms with Crippen LogP contribution in [0.3, 0.4) is 0 Å². The molecule has 3 nitrogen and oxygen atoms in total. The first-order chi connectivity index (χ1) is 9.08. The van der Waals surface area contributed by atoms with Gasteiger partial charge < -0.3 is 10.1 Å². The monoisotopic (exact) mass is 266 g/mol. The van der Waals surface area contributed by atoms with E-state index in [4.69, 9.17) is 4.74 Å². The van der Waals surface area contributed by atoms with E-state index in [0.29, 0.717) is 11.1 Å². The fourth-order valence-corrected chi connectivity index (χ4v) is 3.96. The van der Waals surface area contributed by atoms with Gasteiger partial charge in [0.15, 0.2) is 0 Å². The smallest absolute Gasteiger partial charge is 0.0474 e. The largest absolute Gasteiger partial charge is 0.385 e. The highest BCUT2D eigenvalue weighted by molar-refractivity contribution is 5.11. The molecule has 2 saturated carbocycles. The Morgan fingerprint density at radius 1 is 1.16 bits per heavy atom. The Hall–Kier alpha value is -0.120. The molecule has 2 atom stereocenters. The molecule has 0 amide bonds. The summed E-state index contributed by atoms with van der Waals surface area (Å²) >= 11 is 0. The highest BCUT2D eigenvalue weighted by Gasteiger charge is 2.53. The van der Waals surface area contributed by atoms with Crippen molar-refractivity contribution in [2.45, 2.75) is 57.0 Å². The summed E-state index contributed by atoms with van der Waals surface area (Å²) in [6.45, 7) is 9.43. The molecule has 0 aromatic rings. The van der Waals surface area contributed by atoms with Crippen LogP contribution in [-0.4, -0.2) is 49.3 Å². The molecule has 19 heavy (non-hydrogen) atoms. The molecule has 0 spiro atoms. The van der Waals surface area contributed by atoms with Gasteiger partial charge in [-0.2, -0.15) is 0 Å². The Labute approximate surface area is 118 Å². The molecule has 110 valence electrons. The van der Waals surface area contributed by atoms with Gasteiger partial charge in [0, 0.05) is 44.4 Å². The second kappa shape index (κ2) is 5.01. The maximum Gasteiger partial charge on any atom is 0.0474 e. The van der Waals surface area contributed by atoms with Crippen molar-refractivity contribution < 1.29 is 4.74 Å². The average molecular weight is 266 g/mol. The molecule has 0 radical (unpaired) electrons. The number of nitrogens with one attached hydrogen (secondary N) is 1. The summed E-state index contributed by atoms with van der Waals surface area (Å²) in [6, 6.07) is 0. The third-order valence-corrected chi connectivity index (χ3v) is 5.80. The van der Waals surface area contributed by atoms with Crippen LogP contribution in [0.15, 0.2) is 0 Å². The van der Waals surface area contributed by atoms with E-state index in [1.54, 1.807) is 0 Å². The van der Waals surface area contributed by atoms with Crippen molar-refractivity contribution in [1.82, 2.24) is 10.2 Å². The van der Waals surface area contributed by atoms with Crippen molar-refractivity contribution in [3.05, 3.63) is 0 Å². The Bertz CT molecular complexity index is 327. The molecule has 3 rings (SSSR count). The summed E-state index contributed by atoms with van der Waals surface area (Å²) in [5.74, 6) is 1.84. The maximum atomic E-state index is 5.25. The number of hydrogen-bond donors (Lipinski definition) is 1. The van der Waals surface area contributed by atoms with Gasteiger partial charge in [-0.3, -0.25) is 4.90 Å². The van der Waals surface area contributed by atoms with Crippen LogP contribution in [0.1, 0.15) is 46.0 Å². The Balaban J connectivity index is 1.67. The predicted octanol–water partition coefficient (Wildman–Crippen LogP) is 2.27. The van der Waals surface area contributed by atoms with Gasteiger partial charge in [-0.15, -0.1) is 0 Å². The minimum atomic E-state index is 0.363. The summed E-state index contributed by atoms with van der Waals surface area (Å²) in [7, 11) is 1.81. The number of piperazine rings is 1. The Morgan fingerprint density at radius 3 is 2.42 bits per heavy atom. The second-order valence-electron chi connectivity index (χ2n) is 7.44. The van der Waals surface area contributed by atoms with E-state index < -0.39 is 0 Å². The zero-order chi connectivity index (χ0) is 13.5. The van der Waals surface area contributed by atoms with E-state index in [9.17, 15) is 0 Å². The first kappa shape index (κ1) is 13.8. The summed E-state index contributed by atoms with van der Waals surface area (Å²) < 4.78 is 5.25. The third-order valence-electron chi connectivity index (χ3n) is 5.80.